The topological polar surface area (TPSA) is 71.1 Å². The highest BCUT2D eigenvalue weighted by Crippen LogP contribution is 2.32. The number of benzene rings is 2. The van der Waals surface area contributed by atoms with E-state index in [2.05, 4.69) is 33.1 Å². The molecule has 4 aromatic rings. The molecule has 1 aliphatic carbocycles. The first-order valence-corrected chi connectivity index (χ1v) is 10.9. The molecule has 1 fully saturated rings. The molecule has 2 aromatic carbocycles. The van der Waals surface area contributed by atoms with Crippen LogP contribution in [0.25, 0.3) is 33.1 Å². The maximum atomic E-state index is 12.8. The molecular formula is C26H22N4O2. The average molecular weight is 422 g/mol. The fourth-order valence-electron chi connectivity index (χ4n) is 4.49. The van der Waals surface area contributed by atoms with Crippen molar-refractivity contribution in [3.05, 3.63) is 78.3 Å². The maximum absolute atomic E-state index is 12.8. The van der Waals surface area contributed by atoms with Gasteiger partial charge in [0.05, 0.1) is 35.3 Å². The zero-order valence-corrected chi connectivity index (χ0v) is 17.5. The Balaban J connectivity index is 1.39. The van der Waals surface area contributed by atoms with Gasteiger partial charge in [-0.2, -0.15) is 0 Å². The maximum Gasteiger partial charge on any atom is 0.170 e. The summed E-state index contributed by atoms with van der Waals surface area (Å²) in [5.41, 5.74) is 6.59. The second-order valence-electron chi connectivity index (χ2n) is 8.11. The fraction of sp³-hybridized carbons (Fsp3) is 0.192. The van der Waals surface area contributed by atoms with Gasteiger partial charge in [0.15, 0.2) is 5.78 Å². The van der Waals surface area contributed by atoms with E-state index in [4.69, 9.17) is 9.72 Å². The molecule has 1 saturated heterocycles. The number of fused-ring (bicyclic) bond motifs is 2. The molecule has 0 unspecified atom stereocenters. The number of rotatable bonds is 3. The van der Waals surface area contributed by atoms with Crippen molar-refractivity contribution >= 4 is 44.6 Å². The second-order valence-corrected chi connectivity index (χ2v) is 8.11. The minimum absolute atomic E-state index is 0.0690. The van der Waals surface area contributed by atoms with Crippen LogP contribution in [0.3, 0.4) is 0 Å². The molecule has 1 aliphatic heterocycles. The van der Waals surface area contributed by atoms with Crippen molar-refractivity contribution in [3.63, 3.8) is 0 Å². The third-order valence-electron chi connectivity index (χ3n) is 6.16. The van der Waals surface area contributed by atoms with Gasteiger partial charge >= 0.3 is 0 Å². The number of carbonyl (C=O) groups excluding carboxylic acids is 1. The molecule has 1 N–H and O–H groups in total. The number of pyridine rings is 1. The summed E-state index contributed by atoms with van der Waals surface area (Å²) in [6.07, 6.45) is 6.12. The minimum Gasteiger partial charge on any atom is -0.378 e. The first-order valence-electron chi connectivity index (χ1n) is 10.9. The predicted molar refractivity (Wildman–Crippen MR) is 126 cm³/mol. The van der Waals surface area contributed by atoms with Crippen molar-refractivity contribution in [2.75, 3.05) is 31.2 Å². The number of para-hydroxylation sites is 1. The number of nitrogens with one attached hydrogen (secondary N) is 1. The Morgan fingerprint density at radius 1 is 1.00 bits per heavy atom. The number of allylic oxidation sites excluding steroid dienone is 4. The fourth-order valence-corrected chi connectivity index (χ4v) is 4.49. The summed E-state index contributed by atoms with van der Waals surface area (Å²) in [4.78, 5) is 27.7. The van der Waals surface area contributed by atoms with E-state index in [0.29, 0.717) is 17.8 Å². The molecule has 6 rings (SSSR count). The summed E-state index contributed by atoms with van der Waals surface area (Å²) in [7, 11) is 0. The number of ketones is 1. The Kier molecular flexibility index (Phi) is 4.58. The molecule has 6 heteroatoms. The van der Waals surface area contributed by atoms with E-state index < -0.39 is 0 Å². The van der Waals surface area contributed by atoms with Crippen molar-refractivity contribution in [1.82, 2.24) is 15.0 Å². The van der Waals surface area contributed by atoms with Crippen LogP contribution in [0.4, 0.5) is 5.69 Å². The lowest BCUT2D eigenvalue weighted by Crippen LogP contribution is -2.36. The van der Waals surface area contributed by atoms with Gasteiger partial charge in [-0.3, -0.25) is 9.78 Å². The van der Waals surface area contributed by atoms with Crippen LogP contribution in [0.5, 0.6) is 0 Å². The van der Waals surface area contributed by atoms with Crippen LogP contribution >= 0.6 is 0 Å². The Morgan fingerprint density at radius 3 is 2.78 bits per heavy atom. The minimum atomic E-state index is 0.0690. The number of nitrogens with zero attached hydrogens (tertiary/aromatic N) is 3. The van der Waals surface area contributed by atoms with E-state index >= 15 is 0 Å². The lowest BCUT2D eigenvalue weighted by atomic mass is 9.92. The number of H-pyrrole nitrogens is 1. The Hall–Kier alpha value is -3.77. The van der Waals surface area contributed by atoms with E-state index in [1.165, 1.54) is 0 Å². The third kappa shape index (κ3) is 3.29. The number of anilines is 1. The molecule has 0 atom stereocenters. The number of hydrogen-bond donors (Lipinski definition) is 1. The molecule has 0 radical (unpaired) electrons. The smallest absolute Gasteiger partial charge is 0.170 e. The van der Waals surface area contributed by atoms with Crippen LogP contribution in [0, 0.1) is 0 Å². The first kappa shape index (κ1) is 19.0. The number of carbonyl (C=O) groups is 1. The summed E-state index contributed by atoms with van der Waals surface area (Å²) < 4.78 is 5.46. The van der Waals surface area contributed by atoms with Crippen molar-refractivity contribution < 1.29 is 9.53 Å². The highest BCUT2D eigenvalue weighted by Gasteiger charge is 2.21. The van der Waals surface area contributed by atoms with Gasteiger partial charge in [-0.15, -0.1) is 0 Å². The molecule has 0 saturated carbocycles. The van der Waals surface area contributed by atoms with E-state index in [1.54, 1.807) is 0 Å². The van der Waals surface area contributed by atoms with Gasteiger partial charge in [-0.25, -0.2) is 4.98 Å². The second kappa shape index (κ2) is 7.73. The number of hydrogen-bond acceptors (Lipinski definition) is 5. The third-order valence-corrected chi connectivity index (χ3v) is 6.16. The molecule has 6 nitrogen and oxygen atoms in total. The summed E-state index contributed by atoms with van der Waals surface area (Å²) in [6.45, 7) is 3.24. The van der Waals surface area contributed by atoms with Gasteiger partial charge in [-0.05, 0) is 47.5 Å². The van der Waals surface area contributed by atoms with Crippen LogP contribution in [-0.2, 0) is 9.53 Å². The molecular weight excluding hydrogens is 400 g/mol. The zero-order valence-electron chi connectivity index (χ0n) is 17.5. The van der Waals surface area contributed by atoms with Crippen LogP contribution in [-0.4, -0.2) is 47.0 Å². The molecule has 158 valence electrons. The van der Waals surface area contributed by atoms with Gasteiger partial charge in [0.2, 0.25) is 0 Å². The molecule has 32 heavy (non-hydrogen) atoms. The van der Waals surface area contributed by atoms with Gasteiger partial charge < -0.3 is 14.6 Å². The van der Waals surface area contributed by atoms with E-state index in [-0.39, 0.29) is 5.78 Å². The molecule has 0 spiro atoms. The van der Waals surface area contributed by atoms with Crippen LogP contribution in [0.2, 0.25) is 0 Å². The van der Waals surface area contributed by atoms with Gasteiger partial charge in [-0.1, -0.05) is 24.3 Å². The number of ether oxygens (including phenoxy) is 1. The van der Waals surface area contributed by atoms with Crippen LogP contribution in [0.1, 0.15) is 17.8 Å². The van der Waals surface area contributed by atoms with E-state index in [1.807, 2.05) is 48.7 Å². The largest absolute Gasteiger partial charge is 0.378 e. The number of morpholine rings is 1. The SMILES string of the molecule is O=C1CC=C(c2ccnc3ccccc23)C=C1c1nc2ccc(N3CCOCC3)cc2[nH]1. The highest BCUT2D eigenvalue weighted by molar-refractivity contribution is 6.24. The molecule has 3 heterocycles. The zero-order chi connectivity index (χ0) is 21.5. The molecule has 2 aliphatic rings. The standard InChI is InChI=1S/C26H22N4O2/c31-25-8-5-17(19-9-10-27-22-4-2-1-3-20(19)22)15-21(25)26-28-23-7-6-18(16-24(23)29-26)30-11-13-32-14-12-30/h1-7,9-10,15-16H,8,11-14H2,(H,28,29). The Bertz CT molecular complexity index is 1400. The monoisotopic (exact) mass is 422 g/mol. The first-order chi connectivity index (χ1) is 15.8. The van der Waals surface area contributed by atoms with E-state index in [9.17, 15) is 4.79 Å². The highest BCUT2D eigenvalue weighted by atomic mass is 16.5. The van der Waals surface area contributed by atoms with Crippen molar-refractivity contribution in [2.24, 2.45) is 0 Å². The Morgan fingerprint density at radius 2 is 1.88 bits per heavy atom. The van der Waals surface area contributed by atoms with Crippen molar-refractivity contribution in [3.8, 4) is 0 Å². The average Bonchev–Trinajstić information content (AvgIpc) is 3.28. The van der Waals surface area contributed by atoms with Crippen molar-refractivity contribution in [2.45, 2.75) is 6.42 Å². The normalized spacial score (nSPS) is 17.0. The summed E-state index contributed by atoms with van der Waals surface area (Å²) in [5.74, 6) is 0.688. The predicted octanol–water partition coefficient (Wildman–Crippen LogP) is 4.39. The molecule has 2 aromatic heterocycles. The molecule has 0 bridgehead atoms. The summed E-state index contributed by atoms with van der Waals surface area (Å²) in [5, 5.41) is 1.07. The quantitative estimate of drug-likeness (QED) is 0.530. The number of Topliss-reactive ketones (excluding diaryl/α,β-unsaturated/α-hetero) is 1. The number of aromatic amines is 1. The lowest BCUT2D eigenvalue weighted by Gasteiger charge is -2.28. The summed E-state index contributed by atoms with van der Waals surface area (Å²) >= 11 is 0. The van der Waals surface area contributed by atoms with E-state index in [0.717, 1.165) is 65.1 Å². The number of aromatic nitrogens is 3. The number of imidazole rings is 1. The van der Waals surface area contributed by atoms with Gasteiger partial charge in [0.25, 0.3) is 0 Å². The molecule has 0 amide bonds. The van der Waals surface area contributed by atoms with Crippen LogP contribution < -0.4 is 4.90 Å². The van der Waals surface area contributed by atoms with Crippen LogP contribution in [0.15, 0.2) is 66.9 Å². The van der Waals surface area contributed by atoms with Crippen molar-refractivity contribution in [1.29, 1.82) is 0 Å². The van der Waals surface area contributed by atoms with Gasteiger partial charge in [0, 0.05) is 36.8 Å². The summed E-state index contributed by atoms with van der Waals surface area (Å²) in [6, 6.07) is 16.3. The van der Waals surface area contributed by atoms with Gasteiger partial charge in [0.1, 0.15) is 5.82 Å². The lowest BCUT2D eigenvalue weighted by molar-refractivity contribution is -0.113. The Labute approximate surface area is 185 Å².